The predicted molar refractivity (Wildman–Crippen MR) is 108 cm³/mol. The Morgan fingerprint density at radius 2 is 0.810 bits per heavy atom. The van der Waals surface area contributed by atoms with Crippen LogP contribution in [0, 0.1) is 0 Å². The molecule has 0 aliphatic rings. The number of halogens is 2. The maximum atomic E-state index is 3.23. The Bertz CT molecular complexity index is 407. The summed E-state index contributed by atoms with van der Waals surface area (Å²) in [5.74, 6) is 0. The molecule has 0 radical (unpaired) electrons. The van der Waals surface area contributed by atoms with Crippen molar-refractivity contribution >= 4 is 51.0 Å². The molecule has 2 rings (SSSR count). The second-order valence-corrected chi connectivity index (χ2v) is 28.4. The fourth-order valence-electron chi connectivity index (χ4n) is 1.75. The van der Waals surface area contributed by atoms with Gasteiger partial charge in [-0.2, -0.15) is 34.6 Å². The van der Waals surface area contributed by atoms with Gasteiger partial charge in [-0.3, -0.25) is 0 Å². The van der Waals surface area contributed by atoms with Gasteiger partial charge in [-0.15, -0.1) is 0 Å². The summed E-state index contributed by atoms with van der Waals surface area (Å²) >= 11 is 6.32. The molecule has 0 fully saturated rings. The van der Waals surface area contributed by atoms with Gasteiger partial charge in [0.05, 0.1) is 0 Å². The average molecular weight is 526 g/mol. The maximum absolute atomic E-state index is 3.23. The minimum atomic E-state index is -0.981. The summed E-state index contributed by atoms with van der Waals surface area (Å²) in [5.41, 5.74) is 0. The van der Waals surface area contributed by atoms with Crippen LogP contribution in [0.5, 0.6) is 0 Å². The van der Waals surface area contributed by atoms with Crippen LogP contribution in [-0.2, 0) is 18.5 Å². The summed E-state index contributed by atoms with van der Waals surface area (Å²) in [5, 5.41) is 3.12. The molecule has 0 saturated heterocycles. The van der Waals surface area contributed by atoms with Gasteiger partial charge in [0.15, 0.2) is 0 Å². The van der Waals surface area contributed by atoms with E-state index in [9.17, 15) is 0 Å². The van der Waals surface area contributed by atoms with E-state index in [1.54, 1.807) is 10.4 Å². The van der Waals surface area contributed by atoms with E-state index in [0.717, 1.165) is 0 Å². The van der Waals surface area contributed by atoms with Crippen molar-refractivity contribution in [2.24, 2.45) is 0 Å². The Labute approximate surface area is 156 Å². The molecule has 5 heteroatoms. The first-order chi connectivity index (χ1) is 9.62. The van der Waals surface area contributed by atoms with Crippen molar-refractivity contribution in [1.82, 2.24) is 0 Å². The van der Waals surface area contributed by atoms with Crippen LogP contribution in [0.4, 0.5) is 0 Å². The normalized spacial score (nSPS) is 10.9. The fraction of sp³-hybridized carbons (Fsp3) is 0.375. The first-order valence-corrected chi connectivity index (χ1v) is 25.3. The predicted octanol–water partition coefficient (Wildman–Crippen LogP) is 5.59. The minimum absolute atomic E-state index is 0.145. The van der Waals surface area contributed by atoms with Crippen LogP contribution in [0.15, 0.2) is 48.5 Å². The van der Waals surface area contributed by atoms with E-state index in [2.05, 4.69) is 112 Å². The van der Waals surface area contributed by atoms with Crippen LogP contribution < -0.4 is 10.4 Å². The van der Waals surface area contributed by atoms with Gasteiger partial charge in [0.1, 0.15) is 0 Å². The van der Waals surface area contributed by atoms with Gasteiger partial charge in [0, 0.05) is 16.1 Å². The molecule has 0 unspecified atom stereocenters. The van der Waals surface area contributed by atoms with Gasteiger partial charge >= 0.3 is 43.0 Å². The van der Waals surface area contributed by atoms with Crippen molar-refractivity contribution in [1.29, 1.82) is 0 Å². The Hall–Kier alpha value is 0.977. The zero-order valence-corrected chi connectivity index (χ0v) is 21.5. The molecule has 0 nitrogen and oxygen atoms in total. The van der Waals surface area contributed by atoms with Gasteiger partial charge < -0.3 is 0 Å². The van der Waals surface area contributed by atoms with Crippen molar-refractivity contribution in [2.45, 2.75) is 39.3 Å². The van der Waals surface area contributed by atoms with E-state index < -0.39 is 16.1 Å². The summed E-state index contributed by atoms with van der Waals surface area (Å²) in [6.07, 6.45) is 0. The SMILES string of the molecule is C[Si](C)(C)[c-]1cccc1.C[Si](C)(C)[c-]1cccc1.[Br][Zr][Br]. The number of rotatable bonds is 2. The molecule has 118 valence electrons. The van der Waals surface area contributed by atoms with Gasteiger partial charge in [-0.25, -0.2) is 24.3 Å². The fourth-order valence-corrected chi connectivity index (χ4v) is 4.13. The third-order valence-electron chi connectivity index (χ3n) is 3.06. The molecule has 0 N–H and O–H groups in total. The molecule has 0 spiro atoms. The molecule has 0 aliphatic heterocycles. The van der Waals surface area contributed by atoms with Gasteiger partial charge in [0.2, 0.25) is 0 Å². The van der Waals surface area contributed by atoms with E-state index in [1.807, 2.05) is 0 Å². The van der Waals surface area contributed by atoms with Crippen LogP contribution in [0.2, 0.25) is 39.3 Å². The van der Waals surface area contributed by atoms with E-state index >= 15 is 0 Å². The van der Waals surface area contributed by atoms with E-state index in [4.69, 9.17) is 0 Å². The number of hydrogen-bond acceptors (Lipinski definition) is 0. The third-order valence-corrected chi connectivity index (χ3v) is 7.19. The molecule has 0 amide bonds. The molecular weight excluding hydrogens is 499 g/mol. The molecule has 2 aromatic carbocycles. The second-order valence-electron chi connectivity index (χ2n) is 6.92. The first-order valence-electron chi connectivity index (χ1n) is 7.03. The third kappa shape index (κ3) is 10.4. The molecule has 0 bridgehead atoms. The standard InChI is InChI=1S/2C8H13Si.2BrH.Zr/c2*1-9(2,3)8-6-4-5-7-8;;;/h2*4-7H,1-3H3;2*1H;/q2*-1;;;+2/p-2. The summed E-state index contributed by atoms with van der Waals surface area (Å²) in [4.78, 5) is 0. The summed E-state index contributed by atoms with van der Waals surface area (Å²) in [6.45, 7) is 14.2. The van der Waals surface area contributed by atoms with Crippen LogP contribution >= 0.6 is 24.4 Å². The number of hydrogen-bond donors (Lipinski definition) is 0. The molecule has 2 aromatic rings. The van der Waals surface area contributed by atoms with E-state index in [-0.39, 0.29) is 18.5 Å². The topological polar surface area (TPSA) is 0 Å². The first kappa shape index (κ1) is 22.0. The molecule has 0 aliphatic carbocycles. The van der Waals surface area contributed by atoms with E-state index in [1.165, 1.54) is 0 Å². The molecular formula is C16H26Br2Si2Zr-2. The van der Waals surface area contributed by atoms with Gasteiger partial charge in [-0.1, -0.05) is 39.3 Å². The zero-order chi connectivity index (χ0) is 16.5. The van der Waals surface area contributed by atoms with Crippen LogP contribution in [0.3, 0.4) is 0 Å². The molecule has 0 atom stereocenters. The average Bonchev–Trinajstić information content (AvgIpc) is 3.03. The Morgan fingerprint density at radius 3 is 0.905 bits per heavy atom. The molecule has 0 saturated carbocycles. The summed E-state index contributed by atoms with van der Waals surface area (Å²) < 4.78 is 0. The second kappa shape index (κ2) is 10.7. The Kier molecular flexibility index (Phi) is 11.2. The monoisotopic (exact) mass is 522 g/mol. The van der Waals surface area contributed by atoms with Crippen LogP contribution in [-0.4, -0.2) is 16.1 Å². The summed E-state index contributed by atoms with van der Waals surface area (Å²) in [7, 11) is -1.96. The molecule has 0 heterocycles. The van der Waals surface area contributed by atoms with Gasteiger partial charge in [-0.05, 0) is 0 Å². The Balaban J connectivity index is 0.000000322. The van der Waals surface area contributed by atoms with Crippen molar-refractivity contribution in [2.75, 3.05) is 0 Å². The molecule has 0 aromatic heterocycles. The van der Waals surface area contributed by atoms with Crippen molar-refractivity contribution in [3.63, 3.8) is 0 Å². The quantitative estimate of drug-likeness (QED) is 0.354. The van der Waals surface area contributed by atoms with E-state index in [0.29, 0.717) is 0 Å². The van der Waals surface area contributed by atoms with Crippen molar-refractivity contribution in [3.05, 3.63) is 48.5 Å². The van der Waals surface area contributed by atoms with Crippen LogP contribution in [0.1, 0.15) is 0 Å². The summed E-state index contributed by atoms with van der Waals surface area (Å²) in [6, 6.07) is 17.4. The van der Waals surface area contributed by atoms with Crippen LogP contribution in [0.25, 0.3) is 0 Å². The zero-order valence-electron chi connectivity index (χ0n) is 13.9. The van der Waals surface area contributed by atoms with Crippen molar-refractivity contribution in [3.8, 4) is 0 Å². The Morgan fingerprint density at radius 1 is 0.619 bits per heavy atom. The van der Waals surface area contributed by atoms with Crippen molar-refractivity contribution < 1.29 is 18.5 Å². The molecule has 21 heavy (non-hydrogen) atoms. The van der Waals surface area contributed by atoms with Gasteiger partial charge in [0.25, 0.3) is 0 Å².